The van der Waals surface area contributed by atoms with Crippen molar-refractivity contribution in [1.29, 1.82) is 0 Å². The Labute approximate surface area is 119 Å². The minimum atomic E-state index is -0.324. The quantitative estimate of drug-likeness (QED) is 0.404. The summed E-state index contributed by atoms with van der Waals surface area (Å²) in [7, 11) is 0. The number of benzene rings is 1. The van der Waals surface area contributed by atoms with Crippen molar-refractivity contribution in [2.75, 3.05) is 26.2 Å². The number of carbonyl (C=O) groups excluding carboxylic acids is 1. The van der Waals surface area contributed by atoms with Crippen LogP contribution < -0.4 is 10.2 Å². The number of nitrogens with one attached hydrogen (secondary N) is 2. The average molecular weight is 276 g/mol. The van der Waals surface area contributed by atoms with Crippen LogP contribution >= 0.6 is 0 Å². The van der Waals surface area contributed by atoms with E-state index in [9.17, 15) is 4.79 Å². The Hall–Kier alpha value is -1.88. The summed E-state index contributed by atoms with van der Waals surface area (Å²) in [5, 5.41) is 15.0. The maximum atomic E-state index is 12.0. The van der Waals surface area contributed by atoms with Gasteiger partial charge in [-0.15, -0.1) is 0 Å². The zero-order valence-corrected chi connectivity index (χ0v) is 11.6. The number of rotatable bonds is 5. The van der Waals surface area contributed by atoms with E-state index >= 15 is 0 Å². The number of quaternary nitrogens is 1. The van der Waals surface area contributed by atoms with Gasteiger partial charge in [-0.2, -0.15) is 0 Å². The van der Waals surface area contributed by atoms with E-state index in [4.69, 9.17) is 5.21 Å². The van der Waals surface area contributed by atoms with Crippen LogP contribution in [-0.4, -0.2) is 43.0 Å². The molecule has 3 N–H and O–H groups in total. The van der Waals surface area contributed by atoms with Crippen molar-refractivity contribution in [2.24, 2.45) is 5.16 Å². The lowest BCUT2D eigenvalue weighted by Crippen LogP contribution is -3.13. The van der Waals surface area contributed by atoms with Crippen LogP contribution in [0.3, 0.4) is 0 Å². The molecular weight excluding hydrogens is 254 g/mol. The van der Waals surface area contributed by atoms with Gasteiger partial charge in [0.2, 0.25) is 0 Å². The molecule has 1 aromatic carbocycles. The number of hydrogen-bond acceptors (Lipinski definition) is 3. The average Bonchev–Trinajstić information content (AvgIpc) is 2.50. The molecule has 1 amide bonds. The summed E-state index contributed by atoms with van der Waals surface area (Å²) in [5.74, 6) is -0.324. The molecule has 2 rings (SSSR count). The summed E-state index contributed by atoms with van der Waals surface area (Å²) >= 11 is 0. The van der Waals surface area contributed by atoms with Gasteiger partial charge in [-0.3, -0.25) is 4.79 Å². The number of oxime groups is 1. The van der Waals surface area contributed by atoms with Crippen molar-refractivity contribution in [3.8, 4) is 0 Å². The lowest BCUT2D eigenvalue weighted by Gasteiger charge is -2.23. The molecule has 108 valence electrons. The summed E-state index contributed by atoms with van der Waals surface area (Å²) in [5.41, 5.74) is 0.692. The van der Waals surface area contributed by atoms with E-state index in [1.54, 1.807) is 17.0 Å². The van der Waals surface area contributed by atoms with E-state index in [0.29, 0.717) is 12.1 Å². The first-order chi connectivity index (χ1) is 9.81. The maximum Gasteiger partial charge on any atom is 0.274 e. The van der Waals surface area contributed by atoms with Gasteiger partial charge in [-0.25, -0.2) is 0 Å². The highest BCUT2D eigenvalue weighted by atomic mass is 16.4. The van der Waals surface area contributed by atoms with E-state index in [2.05, 4.69) is 10.5 Å². The molecule has 0 aromatic heterocycles. The molecule has 0 aliphatic carbocycles. The third-order valence-electron chi connectivity index (χ3n) is 3.69. The van der Waals surface area contributed by atoms with Gasteiger partial charge in [-0.1, -0.05) is 35.5 Å². The van der Waals surface area contributed by atoms with Gasteiger partial charge in [0.1, 0.15) is 0 Å². The Morgan fingerprint density at radius 3 is 2.55 bits per heavy atom. The predicted octanol–water partition coefficient (Wildman–Crippen LogP) is 0.0499. The Balaban J connectivity index is 1.81. The lowest BCUT2D eigenvalue weighted by molar-refractivity contribution is -0.903. The second-order valence-corrected chi connectivity index (χ2v) is 5.13. The van der Waals surface area contributed by atoms with Crippen LogP contribution in [0.25, 0.3) is 0 Å². The van der Waals surface area contributed by atoms with E-state index in [0.717, 1.165) is 6.54 Å². The first kappa shape index (κ1) is 14.5. The van der Waals surface area contributed by atoms with E-state index in [1.807, 2.05) is 18.2 Å². The van der Waals surface area contributed by atoms with E-state index in [1.165, 1.54) is 32.4 Å². The molecule has 0 unspecified atom stereocenters. The molecule has 20 heavy (non-hydrogen) atoms. The van der Waals surface area contributed by atoms with Crippen LogP contribution in [0.15, 0.2) is 35.5 Å². The Morgan fingerprint density at radius 1 is 1.20 bits per heavy atom. The normalized spacial score (nSPS) is 16.9. The molecule has 0 atom stereocenters. The van der Waals surface area contributed by atoms with Crippen LogP contribution in [0.2, 0.25) is 0 Å². The lowest BCUT2D eigenvalue weighted by atomic mass is 10.1. The Morgan fingerprint density at radius 2 is 1.90 bits per heavy atom. The van der Waals surface area contributed by atoms with Gasteiger partial charge in [0.05, 0.1) is 26.2 Å². The van der Waals surface area contributed by atoms with Gasteiger partial charge in [-0.05, 0) is 19.3 Å². The Kier molecular flexibility index (Phi) is 5.55. The molecule has 1 aliphatic heterocycles. The maximum absolute atomic E-state index is 12.0. The minimum Gasteiger partial charge on any atom is -0.410 e. The molecule has 0 saturated carbocycles. The van der Waals surface area contributed by atoms with Crippen molar-refractivity contribution in [3.05, 3.63) is 35.9 Å². The topological polar surface area (TPSA) is 66.1 Å². The second-order valence-electron chi connectivity index (χ2n) is 5.13. The molecule has 5 heteroatoms. The monoisotopic (exact) mass is 276 g/mol. The SMILES string of the molecule is O=C(NCC[NH+]1CCCCC1)C(=NO)c1ccccc1. The largest absolute Gasteiger partial charge is 0.410 e. The van der Waals surface area contributed by atoms with Crippen molar-refractivity contribution < 1.29 is 14.9 Å². The highest BCUT2D eigenvalue weighted by molar-refractivity contribution is 6.45. The first-order valence-corrected chi connectivity index (χ1v) is 7.20. The molecular formula is C15H22N3O2+. The predicted molar refractivity (Wildman–Crippen MR) is 77.2 cm³/mol. The number of hydrogen-bond donors (Lipinski definition) is 3. The van der Waals surface area contributed by atoms with Gasteiger partial charge < -0.3 is 15.4 Å². The number of amides is 1. The summed E-state index contributed by atoms with van der Waals surface area (Å²) < 4.78 is 0. The van der Waals surface area contributed by atoms with Crippen LogP contribution in [0.4, 0.5) is 0 Å². The smallest absolute Gasteiger partial charge is 0.274 e. The van der Waals surface area contributed by atoms with E-state index in [-0.39, 0.29) is 11.6 Å². The standard InChI is InChI=1S/C15H21N3O2/c19-15(14(17-20)13-7-3-1-4-8-13)16-9-12-18-10-5-2-6-11-18/h1,3-4,7-8,20H,2,5-6,9-12H2,(H,16,19)/p+1. The zero-order valence-electron chi connectivity index (χ0n) is 11.6. The summed E-state index contributed by atoms with van der Waals surface area (Å²) in [6, 6.07) is 8.99. The molecule has 5 nitrogen and oxygen atoms in total. The van der Waals surface area contributed by atoms with Crippen molar-refractivity contribution in [3.63, 3.8) is 0 Å². The number of nitrogens with zero attached hydrogens (tertiary/aromatic N) is 1. The fourth-order valence-electron chi connectivity index (χ4n) is 2.57. The van der Waals surface area contributed by atoms with Crippen molar-refractivity contribution in [1.82, 2.24) is 5.32 Å². The van der Waals surface area contributed by atoms with Crippen molar-refractivity contribution >= 4 is 11.6 Å². The number of likely N-dealkylation sites (tertiary alicyclic amines) is 1. The highest BCUT2D eigenvalue weighted by Gasteiger charge is 2.16. The van der Waals surface area contributed by atoms with Crippen molar-refractivity contribution in [2.45, 2.75) is 19.3 Å². The summed E-state index contributed by atoms with van der Waals surface area (Å²) in [6.45, 7) is 3.92. The van der Waals surface area contributed by atoms with Gasteiger partial charge in [0.25, 0.3) is 5.91 Å². The second kappa shape index (κ2) is 7.65. The van der Waals surface area contributed by atoms with Crippen LogP contribution in [-0.2, 0) is 4.79 Å². The summed E-state index contributed by atoms with van der Waals surface area (Å²) in [6.07, 6.45) is 3.87. The molecule has 1 saturated heterocycles. The number of piperidine rings is 1. The van der Waals surface area contributed by atoms with Crippen LogP contribution in [0.5, 0.6) is 0 Å². The van der Waals surface area contributed by atoms with E-state index < -0.39 is 0 Å². The molecule has 1 aliphatic rings. The zero-order chi connectivity index (χ0) is 14.2. The Bertz CT molecular complexity index is 453. The van der Waals surface area contributed by atoms with Gasteiger partial charge >= 0.3 is 0 Å². The van der Waals surface area contributed by atoms with Gasteiger partial charge in [0.15, 0.2) is 5.71 Å². The van der Waals surface area contributed by atoms with Gasteiger partial charge in [0, 0.05) is 5.56 Å². The molecule has 0 bridgehead atoms. The van der Waals surface area contributed by atoms with Crippen LogP contribution in [0.1, 0.15) is 24.8 Å². The molecule has 0 spiro atoms. The number of carbonyl (C=O) groups is 1. The first-order valence-electron chi connectivity index (χ1n) is 7.20. The third-order valence-corrected chi connectivity index (χ3v) is 3.69. The minimum absolute atomic E-state index is 0.0687. The molecule has 1 fully saturated rings. The van der Waals surface area contributed by atoms with Crippen LogP contribution in [0, 0.1) is 0 Å². The fraction of sp³-hybridized carbons (Fsp3) is 0.467. The molecule has 1 heterocycles. The third kappa shape index (κ3) is 4.06. The highest BCUT2D eigenvalue weighted by Crippen LogP contribution is 2.01. The molecule has 0 radical (unpaired) electrons. The molecule has 1 aromatic rings. The fourth-order valence-corrected chi connectivity index (χ4v) is 2.57. The summed E-state index contributed by atoms with van der Waals surface area (Å²) in [4.78, 5) is 13.5.